The number of aromatic nitrogens is 2. The highest BCUT2D eigenvalue weighted by atomic mass is 32.2. The van der Waals surface area contributed by atoms with E-state index in [1.165, 1.54) is 11.8 Å². The molecule has 0 fully saturated rings. The molecule has 2 aromatic rings. The van der Waals surface area contributed by atoms with Gasteiger partial charge in [-0.15, -0.1) is 11.8 Å². The van der Waals surface area contributed by atoms with E-state index in [2.05, 4.69) is 14.9 Å². The Bertz CT molecular complexity index is 726. The number of aromatic amines is 1. The van der Waals surface area contributed by atoms with Crippen LogP contribution in [0.4, 0.5) is 11.5 Å². The van der Waals surface area contributed by atoms with Crippen molar-refractivity contribution in [2.24, 2.45) is 0 Å². The van der Waals surface area contributed by atoms with Gasteiger partial charge in [0.05, 0.1) is 5.75 Å². The normalized spacial score (nSPS) is 11.5. The Morgan fingerprint density at radius 1 is 1.33 bits per heavy atom. The van der Waals surface area contributed by atoms with Crippen LogP contribution in [0.5, 0.6) is 0 Å². The first-order chi connectivity index (χ1) is 9.89. The number of sulfonamides is 1. The zero-order chi connectivity index (χ0) is 15.5. The number of nitrogens with zero attached hydrogens (tertiary/aromatic N) is 1. The molecule has 6 nitrogen and oxygen atoms in total. The van der Waals surface area contributed by atoms with Crippen molar-refractivity contribution in [1.82, 2.24) is 10.2 Å². The minimum atomic E-state index is -3.42. The third kappa shape index (κ3) is 4.15. The van der Waals surface area contributed by atoms with E-state index >= 15 is 0 Å². The highest BCUT2D eigenvalue weighted by Gasteiger charge is 2.15. The van der Waals surface area contributed by atoms with Crippen LogP contribution in [0.25, 0.3) is 0 Å². The standard InChI is InChI=1S/C13H18N4O2S2/c1-9-10(2)15-16-13(9)17-21(18,19)8-7-20-12-6-4-3-5-11(12)14/h3-6H,7-8,14H2,1-2H3,(H2,15,16,17). The monoisotopic (exact) mass is 326 g/mol. The third-order valence-corrected chi connectivity index (χ3v) is 5.63. The molecule has 1 heterocycles. The van der Waals surface area contributed by atoms with E-state index in [4.69, 9.17) is 5.73 Å². The van der Waals surface area contributed by atoms with Gasteiger partial charge in [0, 0.05) is 27.6 Å². The Hall–Kier alpha value is -1.67. The van der Waals surface area contributed by atoms with E-state index in [0.29, 0.717) is 17.3 Å². The molecule has 0 amide bonds. The van der Waals surface area contributed by atoms with Crippen LogP contribution in [0.15, 0.2) is 29.2 Å². The molecule has 0 atom stereocenters. The first kappa shape index (κ1) is 15.7. The largest absolute Gasteiger partial charge is 0.398 e. The van der Waals surface area contributed by atoms with Crippen molar-refractivity contribution in [2.45, 2.75) is 18.7 Å². The van der Waals surface area contributed by atoms with Crippen LogP contribution in [0.3, 0.4) is 0 Å². The fourth-order valence-electron chi connectivity index (χ4n) is 1.66. The summed E-state index contributed by atoms with van der Waals surface area (Å²) >= 11 is 1.42. The van der Waals surface area contributed by atoms with Crippen LogP contribution in [-0.2, 0) is 10.0 Å². The number of nitrogen functional groups attached to an aromatic ring is 1. The van der Waals surface area contributed by atoms with Gasteiger partial charge in [0.25, 0.3) is 0 Å². The van der Waals surface area contributed by atoms with Crippen LogP contribution in [0.2, 0.25) is 0 Å². The van der Waals surface area contributed by atoms with Gasteiger partial charge in [-0.05, 0) is 26.0 Å². The minimum Gasteiger partial charge on any atom is -0.398 e. The summed E-state index contributed by atoms with van der Waals surface area (Å²) in [5.74, 6) is 0.778. The lowest BCUT2D eigenvalue weighted by atomic mass is 10.3. The van der Waals surface area contributed by atoms with Gasteiger partial charge >= 0.3 is 0 Å². The summed E-state index contributed by atoms with van der Waals surface area (Å²) in [6.07, 6.45) is 0. The summed E-state index contributed by atoms with van der Waals surface area (Å²) in [5, 5.41) is 6.69. The van der Waals surface area contributed by atoms with Gasteiger partial charge in [0.2, 0.25) is 10.0 Å². The summed E-state index contributed by atoms with van der Waals surface area (Å²) in [6, 6.07) is 7.40. The second kappa shape index (κ2) is 6.40. The molecule has 0 aliphatic rings. The Balaban J connectivity index is 1.93. The van der Waals surface area contributed by atoms with Crippen molar-refractivity contribution in [2.75, 3.05) is 22.0 Å². The average Bonchev–Trinajstić information content (AvgIpc) is 2.72. The highest BCUT2D eigenvalue weighted by Crippen LogP contribution is 2.24. The van der Waals surface area contributed by atoms with Gasteiger partial charge in [-0.3, -0.25) is 9.82 Å². The lowest BCUT2D eigenvalue weighted by molar-refractivity contribution is 0.602. The first-order valence-corrected chi connectivity index (χ1v) is 9.02. The van der Waals surface area contributed by atoms with Gasteiger partial charge in [0.1, 0.15) is 0 Å². The van der Waals surface area contributed by atoms with Crippen LogP contribution in [0.1, 0.15) is 11.3 Å². The molecule has 2 rings (SSSR count). The number of thioether (sulfide) groups is 1. The number of para-hydroxylation sites is 1. The lowest BCUT2D eigenvalue weighted by Crippen LogP contribution is -2.19. The lowest BCUT2D eigenvalue weighted by Gasteiger charge is -2.07. The van der Waals surface area contributed by atoms with Gasteiger partial charge in [-0.2, -0.15) is 5.10 Å². The molecule has 1 aromatic heterocycles. The molecule has 0 aliphatic carbocycles. The highest BCUT2D eigenvalue weighted by molar-refractivity contribution is 8.01. The van der Waals surface area contributed by atoms with Gasteiger partial charge in [-0.25, -0.2) is 8.42 Å². The molecule has 0 saturated carbocycles. The van der Waals surface area contributed by atoms with Gasteiger partial charge in [0.15, 0.2) is 5.82 Å². The predicted octanol–water partition coefficient (Wildman–Crippen LogP) is 2.14. The van der Waals surface area contributed by atoms with E-state index in [1.807, 2.05) is 32.0 Å². The van der Waals surface area contributed by atoms with Crippen LogP contribution >= 0.6 is 11.8 Å². The SMILES string of the molecule is Cc1[nH]nc(NS(=O)(=O)CCSc2ccccc2N)c1C. The fourth-order valence-corrected chi connectivity index (χ4v) is 4.09. The molecule has 0 bridgehead atoms. The molecule has 1 aromatic carbocycles. The van der Waals surface area contributed by atoms with Crippen LogP contribution < -0.4 is 10.5 Å². The number of nitrogens with two attached hydrogens (primary N) is 1. The van der Waals surface area contributed by atoms with E-state index in [0.717, 1.165) is 16.2 Å². The van der Waals surface area contributed by atoms with Crippen molar-refractivity contribution >= 4 is 33.3 Å². The topological polar surface area (TPSA) is 101 Å². The van der Waals surface area contributed by atoms with Gasteiger partial charge < -0.3 is 5.73 Å². The van der Waals surface area contributed by atoms with Crippen molar-refractivity contribution in [1.29, 1.82) is 0 Å². The summed E-state index contributed by atoms with van der Waals surface area (Å²) in [4.78, 5) is 0.888. The first-order valence-electron chi connectivity index (χ1n) is 6.38. The molecule has 0 saturated heterocycles. The fraction of sp³-hybridized carbons (Fsp3) is 0.308. The molecule has 8 heteroatoms. The summed E-state index contributed by atoms with van der Waals surface area (Å²) in [5.41, 5.74) is 8.13. The quantitative estimate of drug-likeness (QED) is 0.558. The number of H-pyrrole nitrogens is 1. The van der Waals surface area contributed by atoms with E-state index in [-0.39, 0.29) is 5.75 Å². The number of anilines is 2. The molecule has 114 valence electrons. The minimum absolute atomic E-state index is 0.00263. The maximum Gasteiger partial charge on any atom is 0.234 e. The Labute approximate surface area is 128 Å². The zero-order valence-corrected chi connectivity index (χ0v) is 13.5. The molecule has 0 aliphatic heterocycles. The van der Waals surface area contributed by atoms with Crippen molar-refractivity contribution in [3.63, 3.8) is 0 Å². The predicted molar refractivity (Wildman–Crippen MR) is 87.0 cm³/mol. The molecular formula is C13H18N4O2S2. The average molecular weight is 326 g/mol. The molecule has 0 unspecified atom stereocenters. The van der Waals surface area contributed by atoms with Crippen molar-refractivity contribution in [3.05, 3.63) is 35.5 Å². The van der Waals surface area contributed by atoms with Gasteiger partial charge in [-0.1, -0.05) is 12.1 Å². The summed E-state index contributed by atoms with van der Waals surface area (Å²) < 4.78 is 26.5. The molecular weight excluding hydrogens is 308 g/mol. The van der Waals surface area contributed by atoms with Crippen LogP contribution in [-0.4, -0.2) is 30.1 Å². The zero-order valence-electron chi connectivity index (χ0n) is 11.9. The molecule has 0 radical (unpaired) electrons. The van der Waals surface area contributed by atoms with Crippen molar-refractivity contribution < 1.29 is 8.42 Å². The van der Waals surface area contributed by atoms with E-state index in [9.17, 15) is 8.42 Å². The number of aryl methyl sites for hydroxylation is 1. The number of nitrogens with one attached hydrogen (secondary N) is 2. The van der Waals surface area contributed by atoms with E-state index in [1.54, 1.807) is 6.07 Å². The van der Waals surface area contributed by atoms with Crippen molar-refractivity contribution in [3.8, 4) is 0 Å². The number of benzene rings is 1. The Morgan fingerprint density at radius 2 is 2.05 bits per heavy atom. The second-order valence-corrected chi connectivity index (χ2v) is 7.61. The third-order valence-electron chi connectivity index (χ3n) is 3.03. The maximum absolute atomic E-state index is 12.0. The van der Waals surface area contributed by atoms with E-state index < -0.39 is 10.0 Å². The summed E-state index contributed by atoms with van der Waals surface area (Å²) in [6.45, 7) is 3.66. The second-order valence-electron chi connectivity index (χ2n) is 4.63. The van der Waals surface area contributed by atoms with Crippen LogP contribution in [0, 0.1) is 13.8 Å². The maximum atomic E-state index is 12.0. The number of hydrogen-bond donors (Lipinski definition) is 3. The molecule has 4 N–H and O–H groups in total. The summed E-state index contributed by atoms with van der Waals surface area (Å²) in [7, 11) is -3.42. The molecule has 21 heavy (non-hydrogen) atoms. The number of rotatable bonds is 6. The smallest absolute Gasteiger partial charge is 0.234 e. The Morgan fingerprint density at radius 3 is 2.67 bits per heavy atom. The Kier molecular flexibility index (Phi) is 4.79. The number of hydrogen-bond acceptors (Lipinski definition) is 5. The molecule has 0 spiro atoms.